The van der Waals surface area contributed by atoms with E-state index < -0.39 is 0 Å². The summed E-state index contributed by atoms with van der Waals surface area (Å²) in [5, 5.41) is 18.7. The van der Waals surface area contributed by atoms with E-state index in [1.807, 2.05) is 18.2 Å². The third kappa shape index (κ3) is 4.08. The van der Waals surface area contributed by atoms with E-state index in [0.29, 0.717) is 5.56 Å². The number of aromatic nitrogens is 1. The monoisotopic (exact) mass is 451 g/mol. The van der Waals surface area contributed by atoms with E-state index in [1.54, 1.807) is 35.8 Å². The Morgan fingerprint density at radius 2 is 1.89 bits per heavy atom. The number of rotatable bonds is 4. The molecule has 0 amide bonds. The lowest BCUT2D eigenvalue weighted by Crippen LogP contribution is -2.15. The van der Waals surface area contributed by atoms with Crippen LogP contribution in [0.3, 0.4) is 0 Å². The first-order chi connectivity index (χ1) is 13.6. The fourth-order valence-electron chi connectivity index (χ4n) is 2.95. The van der Waals surface area contributed by atoms with Gasteiger partial charge < -0.3 is 9.67 Å². The Bertz CT molecular complexity index is 1230. The second kappa shape index (κ2) is 8.12. The molecule has 4 nitrogen and oxygen atoms in total. The lowest BCUT2D eigenvalue weighted by Gasteiger charge is -2.05. The summed E-state index contributed by atoms with van der Waals surface area (Å²) < 4.78 is 4.23. The number of aromatic hydroxyl groups is 1. The van der Waals surface area contributed by atoms with E-state index >= 15 is 0 Å². The molecule has 0 fully saturated rings. The van der Waals surface area contributed by atoms with Crippen LogP contribution in [-0.4, -0.2) is 15.9 Å². The second-order valence-electron chi connectivity index (χ2n) is 6.48. The van der Waals surface area contributed by atoms with Gasteiger partial charge in [0.25, 0.3) is 0 Å². The highest BCUT2D eigenvalue weighted by molar-refractivity contribution is 9.10. The number of thiazole rings is 1. The minimum Gasteiger partial charge on any atom is -0.507 e. The molecule has 0 saturated heterocycles. The summed E-state index contributed by atoms with van der Waals surface area (Å²) in [6, 6.07) is 22.0. The molecule has 4 aromatic rings. The number of phenols is 1. The Balaban J connectivity index is 1.78. The van der Waals surface area contributed by atoms with Gasteiger partial charge in [0.1, 0.15) is 5.75 Å². The van der Waals surface area contributed by atoms with Crippen LogP contribution in [-0.2, 0) is 6.54 Å². The number of nitrogens with zero attached hydrogens (tertiary/aromatic N) is 3. The summed E-state index contributed by atoms with van der Waals surface area (Å²) in [7, 11) is 0. The molecular weight excluding hydrogens is 434 g/mol. The van der Waals surface area contributed by atoms with Crippen LogP contribution < -0.4 is 4.80 Å². The first-order valence-electron chi connectivity index (χ1n) is 8.80. The number of phenolic OH excluding ortho intramolecular Hbond substituents is 1. The average molecular weight is 452 g/mol. The van der Waals surface area contributed by atoms with Crippen LogP contribution in [0.5, 0.6) is 5.75 Å². The molecule has 6 heteroatoms. The standard InChI is InChI=1S/C22H18BrN3OS/c1-15-7-9-19-21(11-15)28-22(26(19)14-16-5-3-2-4-6-16)25-24-13-17-12-18(23)8-10-20(17)27/h2-13,27H,14H2,1H3/b24-13+,25-22+. The van der Waals surface area contributed by atoms with Crippen LogP contribution in [0.15, 0.2) is 81.4 Å². The van der Waals surface area contributed by atoms with Gasteiger partial charge in [-0.05, 0) is 48.4 Å². The largest absolute Gasteiger partial charge is 0.507 e. The molecule has 4 rings (SSSR count). The van der Waals surface area contributed by atoms with Gasteiger partial charge in [0.15, 0.2) is 0 Å². The molecule has 3 aromatic carbocycles. The predicted octanol–water partition coefficient (Wildman–Crippen LogP) is 5.46. The van der Waals surface area contributed by atoms with Gasteiger partial charge in [-0.1, -0.05) is 63.7 Å². The van der Waals surface area contributed by atoms with Crippen LogP contribution in [0.25, 0.3) is 10.2 Å². The van der Waals surface area contributed by atoms with Crippen molar-refractivity contribution in [2.75, 3.05) is 0 Å². The summed E-state index contributed by atoms with van der Waals surface area (Å²) in [6.45, 7) is 2.81. The molecule has 0 spiro atoms. The first-order valence-corrected chi connectivity index (χ1v) is 10.4. The fraction of sp³-hybridized carbons (Fsp3) is 0.0909. The topological polar surface area (TPSA) is 49.9 Å². The van der Waals surface area contributed by atoms with Crippen molar-refractivity contribution in [3.8, 4) is 5.75 Å². The molecule has 0 aliphatic heterocycles. The van der Waals surface area contributed by atoms with Gasteiger partial charge in [-0.15, -0.1) is 5.10 Å². The Morgan fingerprint density at radius 1 is 1.07 bits per heavy atom. The molecule has 0 saturated carbocycles. The summed E-state index contributed by atoms with van der Waals surface area (Å²) >= 11 is 5.02. The molecule has 0 unspecified atom stereocenters. The zero-order valence-corrected chi connectivity index (χ0v) is 17.6. The number of hydrogen-bond donors (Lipinski definition) is 1. The minimum absolute atomic E-state index is 0.172. The quantitative estimate of drug-likeness (QED) is 0.324. The van der Waals surface area contributed by atoms with Crippen molar-refractivity contribution >= 4 is 43.7 Å². The normalized spacial score (nSPS) is 12.3. The zero-order valence-electron chi connectivity index (χ0n) is 15.2. The highest BCUT2D eigenvalue weighted by Gasteiger charge is 2.07. The van der Waals surface area contributed by atoms with E-state index in [9.17, 15) is 5.11 Å². The van der Waals surface area contributed by atoms with Crippen LogP contribution in [0.1, 0.15) is 16.7 Å². The van der Waals surface area contributed by atoms with Gasteiger partial charge in [-0.25, -0.2) is 0 Å². The Hall–Kier alpha value is -2.70. The molecule has 0 aliphatic carbocycles. The van der Waals surface area contributed by atoms with E-state index in [1.165, 1.54) is 15.8 Å². The van der Waals surface area contributed by atoms with Crippen LogP contribution in [0, 0.1) is 6.92 Å². The number of halogens is 1. The molecular formula is C22H18BrN3OS. The number of aryl methyl sites for hydroxylation is 1. The van der Waals surface area contributed by atoms with Crippen LogP contribution in [0.4, 0.5) is 0 Å². The van der Waals surface area contributed by atoms with Crippen molar-refractivity contribution in [2.45, 2.75) is 13.5 Å². The van der Waals surface area contributed by atoms with Crippen LogP contribution in [0.2, 0.25) is 0 Å². The minimum atomic E-state index is 0.172. The fourth-order valence-corrected chi connectivity index (χ4v) is 4.41. The van der Waals surface area contributed by atoms with Crippen molar-refractivity contribution in [3.63, 3.8) is 0 Å². The SMILES string of the molecule is Cc1ccc2c(c1)s/c(=N/N=C/c1cc(Br)ccc1O)n2Cc1ccccc1. The molecule has 28 heavy (non-hydrogen) atoms. The molecule has 1 aromatic heterocycles. The third-order valence-corrected chi connectivity index (χ3v) is 5.88. The summed E-state index contributed by atoms with van der Waals surface area (Å²) in [6.07, 6.45) is 1.57. The summed E-state index contributed by atoms with van der Waals surface area (Å²) in [5.74, 6) is 0.172. The zero-order chi connectivity index (χ0) is 19.5. The van der Waals surface area contributed by atoms with Crippen molar-refractivity contribution < 1.29 is 5.11 Å². The predicted molar refractivity (Wildman–Crippen MR) is 119 cm³/mol. The number of hydrogen-bond acceptors (Lipinski definition) is 4. The molecule has 0 bridgehead atoms. The number of fused-ring (bicyclic) bond motifs is 1. The lowest BCUT2D eigenvalue weighted by atomic mass is 10.2. The van der Waals surface area contributed by atoms with Crippen molar-refractivity contribution in [1.29, 1.82) is 0 Å². The van der Waals surface area contributed by atoms with E-state index in [-0.39, 0.29) is 5.75 Å². The van der Waals surface area contributed by atoms with Gasteiger partial charge in [-0.3, -0.25) is 0 Å². The molecule has 0 atom stereocenters. The van der Waals surface area contributed by atoms with Gasteiger partial charge in [0.05, 0.1) is 23.0 Å². The molecule has 1 heterocycles. The van der Waals surface area contributed by atoms with E-state index in [4.69, 9.17) is 0 Å². The van der Waals surface area contributed by atoms with E-state index in [0.717, 1.165) is 21.3 Å². The van der Waals surface area contributed by atoms with Gasteiger partial charge >= 0.3 is 0 Å². The highest BCUT2D eigenvalue weighted by Crippen LogP contribution is 2.21. The van der Waals surface area contributed by atoms with Gasteiger partial charge in [-0.2, -0.15) is 5.10 Å². The first kappa shape index (κ1) is 18.7. The molecule has 0 radical (unpaired) electrons. The Morgan fingerprint density at radius 3 is 2.71 bits per heavy atom. The Kier molecular flexibility index (Phi) is 5.41. The summed E-state index contributed by atoms with van der Waals surface area (Å²) in [5.41, 5.74) is 4.18. The maximum atomic E-state index is 9.97. The Labute approximate surface area is 175 Å². The summed E-state index contributed by atoms with van der Waals surface area (Å²) in [4.78, 5) is 0.815. The van der Waals surface area contributed by atoms with Gasteiger partial charge in [0.2, 0.25) is 4.80 Å². The second-order valence-corrected chi connectivity index (χ2v) is 8.40. The molecule has 140 valence electrons. The van der Waals surface area contributed by atoms with Crippen molar-refractivity contribution in [1.82, 2.24) is 4.57 Å². The smallest absolute Gasteiger partial charge is 0.211 e. The average Bonchev–Trinajstić information content (AvgIpc) is 3.02. The number of benzene rings is 3. The molecule has 0 aliphatic rings. The third-order valence-electron chi connectivity index (χ3n) is 4.35. The van der Waals surface area contributed by atoms with Gasteiger partial charge in [0, 0.05) is 10.0 Å². The lowest BCUT2D eigenvalue weighted by molar-refractivity contribution is 0.474. The van der Waals surface area contributed by atoms with Crippen molar-refractivity contribution in [3.05, 3.63) is 92.7 Å². The van der Waals surface area contributed by atoms with Crippen molar-refractivity contribution in [2.24, 2.45) is 10.2 Å². The highest BCUT2D eigenvalue weighted by atomic mass is 79.9. The van der Waals surface area contributed by atoms with E-state index in [2.05, 4.69) is 68.0 Å². The maximum absolute atomic E-state index is 9.97. The van der Waals surface area contributed by atoms with Crippen LogP contribution >= 0.6 is 27.3 Å². The molecule has 1 N–H and O–H groups in total. The maximum Gasteiger partial charge on any atom is 0.211 e.